The van der Waals surface area contributed by atoms with Crippen molar-refractivity contribution in [1.29, 1.82) is 0 Å². The number of piperazine rings is 1. The largest absolute Gasteiger partial charge is 0.353 e. The van der Waals surface area contributed by atoms with Crippen LogP contribution in [0.15, 0.2) is 30.5 Å². The summed E-state index contributed by atoms with van der Waals surface area (Å²) in [7, 11) is 1.92. The SMILES string of the molecule is CC1CN(CCN2CCN(c3nsc4ccccc34)CC2)C(=O)c2cnn(C)c21. The molecule has 1 amide bonds. The van der Waals surface area contributed by atoms with Crippen molar-refractivity contribution in [3.63, 3.8) is 0 Å². The van der Waals surface area contributed by atoms with Gasteiger partial charge in [0.25, 0.3) is 5.91 Å². The van der Waals surface area contributed by atoms with E-state index >= 15 is 0 Å². The predicted molar refractivity (Wildman–Crippen MR) is 116 cm³/mol. The van der Waals surface area contributed by atoms with Gasteiger partial charge in [-0.25, -0.2) is 0 Å². The summed E-state index contributed by atoms with van der Waals surface area (Å²) in [6.45, 7) is 8.60. The number of fused-ring (bicyclic) bond motifs is 2. The Morgan fingerprint density at radius 3 is 2.76 bits per heavy atom. The van der Waals surface area contributed by atoms with Gasteiger partial charge in [-0.3, -0.25) is 14.4 Å². The Balaban J connectivity index is 1.18. The maximum absolute atomic E-state index is 12.8. The summed E-state index contributed by atoms with van der Waals surface area (Å²) in [6, 6.07) is 8.45. The molecule has 0 saturated carbocycles. The molecule has 7 nitrogen and oxygen atoms in total. The maximum atomic E-state index is 12.8. The normalized spacial score (nSPS) is 20.5. The third kappa shape index (κ3) is 3.30. The monoisotopic (exact) mass is 410 g/mol. The molecule has 1 unspecified atom stereocenters. The van der Waals surface area contributed by atoms with Crippen molar-refractivity contribution in [3.05, 3.63) is 41.7 Å². The summed E-state index contributed by atoms with van der Waals surface area (Å²) in [5.74, 6) is 1.57. The standard InChI is InChI=1S/C21H26N6OS/c1-15-14-27(21(28)17-13-22-24(2)19(15)17)12-9-25-7-10-26(11-8-25)20-16-5-3-4-6-18(16)29-23-20/h3-6,13,15H,7-12,14H2,1-2H3. The number of hydrogen-bond donors (Lipinski definition) is 0. The molecule has 152 valence electrons. The van der Waals surface area contributed by atoms with E-state index in [-0.39, 0.29) is 5.91 Å². The molecule has 8 heteroatoms. The van der Waals surface area contributed by atoms with E-state index in [2.05, 4.69) is 46.1 Å². The van der Waals surface area contributed by atoms with Crippen LogP contribution in [0.4, 0.5) is 5.82 Å². The van der Waals surface area contributed by atoms with Crippen molar-refractivity contribution in [3.8, 4) is 0 Å². The van der Waals surface area contributed by atoms with Gasteiger partial charge in [0.1, 0.15) is 5.82 Å². The molecular formula is C21H26N6OS. The van der Waals surface area contributed by atoms with Gasteiger partial charge in [0.05, 0.1) is 22.2 Å². The van der Waals surface area contributed by atoms with Gasteiger partial charge in [0.2, 0.25) is 0 Å². The molecule has 2 aromatic heterocycles. The quantitative estimate of drug-likeness (QED) is 0.661. The second kappa shape index (κ2) is 7.42. The van der Waals surface area contributed by atoms with E-state index in [1.165, 1.54) is 10.1 Å². The summed E-state index contributed by atoms with van der Waals surface area (Å²) in [5, 5.41) is 5.54. The number of carbonyl (C=O) groups excluding carboxylic acids is 1. The molecule has 0 spiro atoms. The number of aromatic nitrogens is 3. The van der Waals surface area contributed by atoms with Crippen LogP contribution in [0.5, 0.6) is 0 Å². The topological polar surface area (TPSA) is 57.5 Å². The van der Waals surface area contributed by atoms with Gasteiger partial charge >= 0.3 is 0 Å². The number of benzene rings is 1. The first-order chi connectivity index (χ1) is 14.1. The minimum absolute atomic E-state index is 0.124. The highest BCUT2D eigenvalue weighted by Crippen LogP contribution is 2.30. The Hall–Kier alpha value is -2.45. The lowest BCUT2D eigenvalue weighted by molar-refractivity contribution is 0.0698. The molecule has 2 aliphatic heterocycles. The van der Waals surface area contributed by atoms with E-state index in [1.54, 1.807) is 17.7 Å². The summed E-state index contributed by atoms with van der Waals surface area (Å²) < 4.78 is 7.78. The van der Waals surface area contributed by atoms with E-state index in [0.29, 0.717) is 5.92 Å². The van der Waals surface area contributed by atoms with Gasteiger partial charge in [-0.05, 0) is 23.7 Å². The summed E-state index contributed by atoms with van der Waals surface area (Å²) in [4.78, 5) is 19.7. The van der Waals surface area contributed by atoms with Crippen molar-refractivity contribution in [2.24, 2.45) is 7.05 Å². The second-order valence-electron chi connectivity index (χ2n) is 8.05. The van der Waals surface area contributed by atoms with Crippen LogP contribution in [0, 0.1) is 0 Å². The molecule has 1 atom stereocenters. The highest BCUT2D eigenvalue weighted by molar-refractivity contribution is 7.13. The number of carbonyl (C=O) groups is 1. The van der Waals surface area contributed by atoms with Gasteiger partial charge in [-0.1, -0.05) is 19.1 Å². The van der Waals surface area contributed by atoms with Gasteiger partial charge < -0.3 is 9.80 Å². The number of rotatable bonds is 4. The van der Waals surface area contributed by atoms with Crippen molar-refractivity contribution in [1.82, 2.24) is 24.0 Å². The average molecular weight is 411 g/mol. The van der Waals surface area contributed by atoms with Gasteiger partial charge in [-0.2, -0.15) is 9.47 Å². The summed E-state index contributed by atoms with van der Waals surface area (Å²) >= 11 is 1.58. The van der Waals surface area contributed by atoms with Crippen LogP contribution < -0.4 is 4.90 Å². The molecule has 4 heterocycles. The first-order valence-electron chi connectivity index (χ1n) is 10.2. The fourth-order valence-corrected chi connectivity index (χ4v) is 5.40. The zero-order chi connectivity index (χ0) is 20.0. The van der Waals surface area contributed by atoms with Crippen LogP contribution >= 0.6 is 11.5 Å². The first kappa shape index (κ1) is 18.6. The molecule has 2 aliphatic rings. The van der Waals surface area contributed by atoms with Crippen LogP contribution in [0.25, 0.3) is 10.1 Å². The van der Waals surface area contributed by atoms with Crippen molar-refractivity contribution in [2.45, 2.75) is 12.8 Å². The van der Waals surface area contributed by atoms with Gasteiger partial charge in [0, 0.05) is 64.2 Å². The molecule has 29 heavy (non-hydrogen) atoms. The smallest absolute Gasteiger partial charge is 0.257 e. The zero-order valence-corrected chi connectivity index (χ0v) is 17.7. The number of nitrogens with zero attached hydrogens (tertiary/aromatic N) is 6. The average Bonchev–Trinajstić information content (AvgIpc) is 3.34. The van der Waals surface area contributed by atoms with Gasteiger partial charge in [0.15, 0.2) is 0 Å². The van der Waals surface area contributed by atoms with Crippen LogP contribution in [0.3, 0.4) is 0 Å². The van der Waals surface area contributed by atoms with E-state index in [4.69, 9.17) is 4.37 Å². The number of hydrogen-bond acceptors (Lipinski definition) is 6. The third-order valence-corrected chi connectivity index (χ3v) is 7.00. The van der Waals surface area contributed by atoms with Crippen molar-refractivity contribution < 1.29 is 4.79 Å². The minimum Gasteiger partial charge on any atom is -0.353 e. The molecule has 0 N–H and O–H groups in total. The highest BCUT2D eigenvalue weighted by atomic mass is 32.1. The minimum atomic E-state index is 0.124. The Morgan fingerprint density at radius 2 is 1.93 bits per heavy atom. The second-order valence-corrected chi connectivity index (χ2v) is 8.86. The van der Waals surface area contributed by atoms with Gasteiger partial charge in [-0.15, -0.1) is 0 Å². The first-order valence-corrected chi connectivity index (χ1v) is 11.0. The lowest BCUT2D eigenvalue weighted by Gasteiger charge is -2.37. The highest BCUT2D eigenvalue weighted by Gasteiger charge is 2.32. The molecule has 0 bridgehead atoms. The lowest BCUT2D eigenvalue weighted by atomic mass is 9.97. The Labute approximate surface area is 174 Å². The van der Waals surface area contributed by atoms with E-state index in [1.807, 2.05) is 16.6 Å². The molecule has 0 radical (unpaired) electrons. The molecule has 1 aromatic carbocycles. The fourth-order valence-electron chi connectivity index (χ4n) is 4.61. The zero-order valence-electron chi connectivity index (χ0n) is 16.9. The van der Waals surface area contributed by atoms with E-state index in [0.717, 1.165) is 62.9 Å². The summed E-state index contributed by atoms with van der Waals surface area (Å²) in [5.41, 5.74) is 1.84. The number of anilines is 1. The molecular weight excluding hydrogens is 384 g/mol. The molecule has 1 fully saturated rings. The molecule has 5 rings (SSSR count). The third-order valence-electron chi connectivity index (χ3n) is 6.18. The molecule has 0 aliphatic carbocycles. The fraction of sp³-hybridized carbons (Fsp3) is 0.476. The Bertz CT molecular complexity index is 1030. The van der Waals surface area contributed by atoms with Crippen LogP contribution in [0.1, 0.15) is 28.9 Å². The lowest BCUT2D eigenvalue weighted by Crippen LogP contribution is -2.50. The Morgan fingerprint density at radius 1 is 1.14 bits per heavy atom. The molecule has 1 saturated heterocycles. The van der Waals surface area contributed by atoms with Crippen LogP contribution in [0.2, 0.25) is 0 Å². The predicted octanol–water partition coefficient (Wildman–Crippen LogP) is 2.41. The van der Waals surface area contributed by atoms with E-state index in [9.17, 15) is 4.79 Å². The number of aryl methyl sites for hydroxylation is 1. The van der Waals surface area contributed by atoms with Crippen molar-refractivity contribution >= 4 is 33.3 Å². The van der Waals surface area contributed by atoms with Crippen LogP contribution in [-0.2, 0) is 7.05 Å². The maximum Gasteiger partial charge on any atom is 0.257 e. The summed E-state index contributed by atoms with van der Waals surface area (Å²) in [6.07, 6.45) is 1.72. The Kier molecular flexibility index (Phi) is 4.75. The van der Waals surface area contributed by atoms with Crippen LogP contribution in [-0.4, -0.2) is 75.7 Å². The van der Waals surface area contributed by atoms with E-state index < -0.39 is 0 Å². The van der Waals surface area contributed by atoms with Crippen molar-refractivity contribution in [2.75, 3.05) is 50.7 Å². The molecule has 3 aromatic rings. The number of amides is 1.